The number of hydrogen-bond donors (Lipinski definition) is 0. The summed E-state index contributed by atoms with van der Waals surface area (Å²) in [5.41, 5.74) is -0.702. The van der Waals surface area contributed by atoms with Crippen molar-refractivity contribution in [3.05, 3.63) is 52.6 Å². The van der Waals surface area contributed by atoms with Crippen molar-refractivity contribution >= 4 is 17.3 Å². The van der Waals surface area contributed by atoms with E-state index in [-0.39, 0.29) is 21.2 Å². The zero-order chi connectivity index (χ0) is 22.7. The Morgan fingerprint density at radius 3 is 2.18 bits per heavy atom. The van der Waals surface area contributed by atoms with Crippen molar-refractivity contribution in [2.75, 3.05) is 35.8 Å². The zero-order valence-electron chi connectivity index (χ0n) is 18.9. The molecule has 0 atom stereocenters. The SMILES string of the molecule is [2H]C1([2H])N(c2ccc([N+](=O)[O-])cc2)C([2H])([2H])C([2H])([2H])N(c2ncc(F)cn2)C1([2H])[2H]. The maximum atomic E-state index is 13.2. The predicted molar refractivity (Wildman–Crippen MR) is 79.5 cm³/mol. The summed E-state index contributed by atoms with van der Waals surface area (Å²) < 4.78 is 79.6. The highest BCUT2D eigenvalue weighted by atomic mass is 19.1. The first-order valence-electron chi connectivity index (χ1n) is 9.98. The third-order valence-electron chi connectivity index (χ3n) is 2.67. The Morgan fingerprint density at radius 2 is 1.64 bits per heavy atom. The Labute approximate surface area is 137 Å². The Morgan fingerprint density at radius 1 is 1.09 bits per heavy atom. The van der Waals surface area contributed by atoms with Crippen LogP contribution in [0.3, 0.4) is 0 Å². The monoisotopic (exact) mass is 311 g/mol. The summed E-state index contributed by atoms with van der Waals surface area (Å²) in [5.74, 6) is -1.67. The minimum Gasteiger partial charge on any atom is -0.368 e. The number of nitrogens with zero attached hydrogens (tertiary/aromatic N) is 5. The fourth-order valence-electron chi connectivity index (χ4n) is 1.63. The van der Waals surface area contributed by atoms with Gasteiger partial charge in [-0.05, 0) is 12.1 Å². The lowest BCUT2D eigenvalue weighted by atomic mass is 10.2. The molecule has 7 nitrogen and oxygen atoms in total. The standard InChI is InChI=1S/C14H14FN5O2/c15-11-9-16-14(17-10-11)19-7-5-18(6-8-19)12-1-3-13(4-2-12)20(21)22/h1-4,9-10H,5-8H2/i5D2,6D2,7D2,8D2. The Kier molecular flexibility index (Phi) is 2.01. The normalized spacial score (nSPS) is 29.5. The van der Waals surface area contributed by atoms with Crippen LogP contribution in [0.2, 0.25) is 0 Å². The highest BCUT2D eigenvalue weighted by Gasteiger charge is 2.19. The molecule has 0 aliphatic carbocycles. The molecular weight excluding hydrogens is 289 g/mol. The van der Waals surface area contributed by atoms with Gasteiger partial charge in [-0.15, -0.1) is 0 Å². The average Bonchev–Trinajstić information content (AvgIpc) is 2.62. The number of nitro benzene ring substituents is 1. The summed E-state index contributed by atoms with van der Waals surface area (Å²) in [7, 11) is 0. The van der Waals surface area contributed by atoms with Crippen molar-refractivity contribution in [1.29, 1.82) is 0 Å². The number of anilines is 2. The number of rotatable bonds is 3. The van der Waals surface area contributed by atoms with Gasteiger partial charge in [-0.1, -0.05) is 0 Å². The fourth-order valence-corrected chi connectivity index (χ4v) is 1.63. The van der Waals surface area contributed by atoms with Crippen molar-refractivity contribution in [3.8, 4) is 0 Å². The minimum atomic E-state index is -3.26. The van der Waals surface area contributed by atoms with E-state index in [1.54, 1.807) is 0 Å². The van der Waals surface area contributed by atoms with Gasteiger partial charge in [-0.3, -0.25) is 10.1 Å². The maximum Gasteiger partial charge on any atom is 0.269 e. The molecule has 1 saturated heterocycles. The number of non-ortho nitro benzene ring substituents is 1. The number of piperazine rings is 1. The van der Waals surface area contributed by atoms with E-state index < -0.39 is 42.7 Å². The molecule has 1 fully saturated rings. The van der Waals surface area contributed by atoms with Gasteiger partial charge in [0.15, 0.2) is 5.82 Å². The van der Waals surface area contributed by atoms with Crippen LogP contribution in [-0.4, -0.2) is 40.9 Å². The summed E-state index contributed by atoms with van der Waals surface area (Å²) >= 11 is 0. The molecular formula is C14H14FN5O2. The van der Waals surface area contributed by atoms with Crippen molar-refractivity contribution in [3.63, 3.8) is 0 Å². The highest BCUT2D eigenvalue weighted by Crippen LogP contribution is 2.21. The molecule has 1 aromatic heterocycles. The molecule has 3 rings (SSSR count). The second-order valence-corrected chi connectivity index (χ2v) is 4.09. The molecule has 114 valence electrons. The summed E-state index contributed by atoms with van der Waals surface area (Å²) in [6.45, 7) is -13.0. The third kappa shape index (κ3) is 2.95. The number of nitro groups is 1. The molecule has 0 spiro atoms. The smallest absolute Gasteiger partial charge is 0.269 e. The number of halogens is 1. The topological polar surface area (TPSA) is 75.4 Å². The lowest BCUT2D eigenvalue weighted by molar-refractivity contribution is -0.384. The average molecular weight is 311 g/mol. The largest absolute Gasteiger partial charge is 0.368 e. The second-order valence-electron chi connectivity index (χ2n) is 4.09. The molecule has 2 heterocycles. The van der Waals surface area contributed by atoms with Gasteiger partial charge in [0.05, 0.1) is 28.3 Å². The van der Waals surface area contributed by atoms with Crippen LogP contribution in [0.4, 0.5) is 21.7 Å². The van der Waals surface area contributed by atoms with E-state index in [1.165, 1.54) is 0 Å². The quantitative estimate of drug-likeness (QED) is 0.636. The Bertz CT molecular complexity index is 945. The van der Waals surface area contributed by atoms with E-state index in [4.69, 9.17) is 11.0 Å². The van der Waals surface area contributed by atoms with Gasteiger partial charge in [0.25, 0.3) is 5.69 Å². The lowest BCUT2D eigenvalue weighted by Crippen LogP contribution is -2.47. The van der Waals surface area contributed by atoms with Gasteiger partial charge in [-0.25, -0.2) is 14.4 Å². The third-order valence-corrected chi connectivity index (χ3v) is 2.67. The molecule has 1 aliphatic heterocycles. The van der Waals surface area contributed by atoms with Crippen LogP contribution in [-0.2, 0) is 0 Å². The van der Waals surface area contributed by atoms with E-state index in [0.29, 0.717) is 12.4 Å². The lowest BCUT2D eigenvalue weighted by Gasteiger charge is -2.36. The molecule has 0 bridgehead atoms. The summed E-state index contributed by atoms with van der Waals surface area (Å²) in [5, 5.41) is 10.8. The van der Waals surface area contributed by atoms with E-state index in [2.05, 4.69) is 9.97 Å². The van der Waals surface area contributed by atoms with Crippen LogP contribution < -0.4 is 9.80 Å². The van der Waals surface area contributed by atoms with Crippen LogP contribution in [0, 0.1) is 15.9 Å². The fraction of sp³-hybridized carbons (Fsp3) is 0.286. The van der Waals surface area contributed by atoms with Crippen LogP contribution in [0.1, 0.15) is 11.0 Å². The maximum absolute atomic E-state index is 13.2. The molecule has 2 aromatic rings. The van der Waals surface area contributed by atoms with Crippen molar-refractivity contribution in [1.82, 2.24) is 9.97 Å². The van der Waals surface area contributed by atoms with Gasteiger partial charge in [0.1, 0.15) is 0 Å². The molecule has 22 heavy (non-hydrogen) atoms. The van der Waals surface area contributed by atoms with Crippen LogP contribution in [0.25, 0.3) is 0 Å². The summed E-state index contributed by atoms with van der Waals surface area (Å²) in [6, 6.07) is 3.90. The molecule has 0 amide bonds. The van der Waals surface area contributed by atoms with Gasteiger partial charge in [-0.2, -0.15) is 0 Å². The first kappa shape index (κ1) is 7.48. The first-order valence-corrected chi connectivity index (χ1v) is 5.98. The van der Waals surface area contributed by atoms with E-state index in [1.807, 2.05) is 0 Å². The highest BCUT2D eigenvalue weighted by molar-refractivity contribution is 5.52. The van der Waals surface area contributed by atoms with Crippen LogP contribution in [0.15, 0.2) is 36.7 Å². The van der Waals surface area contributed by atoms with E-state index in [0.717, 1.165) is 24.3 Å². The Hall–Kier alpha value is -2.77. The molecule has 8 heteroatoms. The number of benzene rings is 1. The van der Waals surface area contributed by atoms with Gasteiger partial charge in [0.2, 0.25) is 5.95 Å². The van der Waals surface area contributed by atoms with E-state index >= 15 is 0 Å². The van der Waals surface area contributed by atoms with Gasteiger partial charge in [0, 0.05) is 43.8 Å². The minimum absolute atomic E-state index is 0.0847. The van der Waals surface area contributed by atoms with Crippen molar-refractivity contribution in [2.45, 2.75) is 0 Å². The van der Waals surface area contributed by atoms with Crippen molar-refractivity contribution in [2.24, 2.45) is 0 Å². The Balaban J connectivity index is 2.21. The van der Waals surface area contributed by atoms with Crippen LogP contribution >= 0.6 is 0 Å². The van der Waals surface area contributed by atoms with Gasteiger partial charge < -0.3 is 9.80 Å². The van der Waals surface area contributed by atoms with Gasteiger partial charge >= 0.3 is 0 Å². The van der Waals surface area contributed by atoms with Crippen LogP contribution in [0.5, 0.6) is 0 Å². The summed E-state index contributed by atoms with van der Waals surface area (Å²) in [4.78, 5) is 17.4. The molecule has 0 saturated carbocycles. The second kappa shape index (κ2) is 5.92. The van der Waals surface area contributed by atoms with E-state index in [9.17, 15) is 14.5 Å². The molecule has 1 aromatic carbocycles. The first-order chi connectivity index (χ1) is 13.7. The molecule has 0 radical (unpaired) electrons. The predicted octanol–water partition coefficient (Wildman–Crippen LogP) is 1.85. The molecule has 1 aliphatic rings. The van der Waals surface area contributed by atoms with Crippen molar-refractivity contribution < 1.29 is 20.3 Å². The molecule has 0 N–H and O–H groups in total. The molecule has 0 unspecified atom stereocenters. The number of hydrogen-bond acceptors (Lipinski definition) is 6. The zero-order valence-corrected chi connectivity index (χ0v) is 10.9. The summed E-state index contributed by atoms with van der Waals surface area (Å²) in [6.07, 6.45) is 1.23. The number of aromatic nitrogens is 2.